The third kappa shape index (κ3) is 2.01. The Morgan fingerprint density at radius 1 is 1.29 bits per heavy atom. The number of hydrogen-bond acceptors (Lipinski definition) is 4. The van der Waals surface area contributed by atoms with Gasteiger partial charge in [0.15, 0.2) is 0 Å². The van der Waals surface area contributed by atoms with Crippen LogP contribution in [0, 0.1) is 12.7 Å². The minimum atomic E-state index is -0.685. The van der Waals surface area contributed by atoms with E-state index in [4.69, 9.17) is 0 Å². The highest BCUT2D eigenvalue weighted by atomic mass is 19.1. The molecule has 7 heteroatoms. The van der Waals surface area contributed by atoms with Gasteiger partial charge in [-0.1, -0.05) is 0 Å². The summed E-state index contributed by atoms with van der Waals surface area (Å²) in [6.07, 6.45) is 1.40. The summed E-state index contributed by atoms with van der Waals surface area (Å²) in [4.78, 5) is 29.6. The van der Waals surface area contributed by atoms with Crippen molar-refractivity contribution in [3.8, 4) is 0 Å². The molecule has 0 aliphatic carbocycles. The van der Waals surface area contributed by atoms with Gasteiger partial charge in [0.1, 0.15) is 18.0 Å². The van der Waals surface area contributed by atoms with Crippen LogP contribution in [0.15, 0.2) is 18.5 Å². The van der Waals surface area contributed by atoms with E-state index in [0.29, 0.717) is 23.6 Å². The van der Waals surface area contributed by atoms with Crippen molar-refractivity contribution in [2.75, 3.05) is 4.90 Å². The van der Waals surface area contributed by atoms with Crippen LogP contribution in [-0.4, -0.2) is 26.5 Å². The highest BCUT2D eigenvalue weighted by Crippen LogP contribution is 2.34. The van der Waals surface area contributed by atoms with E-state index < -0.39 is 17.5 Å². The number of carbonyl (C=O) groups is 2. The zero-order valence-electron chi connectivity index (χ0n) is 11.6. The first-order chi connectivity index (χ1) is 10.0. The lowest BCUT2D eigenvalue weighted by atomic mass is 10.1. The average Bonchev–Trinajstić information content (AvgIpc) is 2.98. The van der Waals surface area contributed by atoms with Crippen molar-refractivity contribution >= 4 is 17.4 Å². The first-order valence-corrected chi connectivity index (χ1v) is 6.56. The van der Waals surface area contributed by atoms with E-state index in [0.717, 1.165) is 6.07 Å². The fraction of sp³-hybridized carbons (Fsp3) is 0.286. The number of ketones is 1. The molecule has 0 radical (unpaired) electrons. The Hall–Kier alpha value is -2.57. The first kappa shape index (κ1) is 13.4. The van der Waals surface area contributed by atoms with Crippen molar-refractivity contribution in [1.29, 1.82) is 0 Å². The topological polar surface area (TPSA) is 68.1 Å². The summed E-state index contributed by atoms with van der Waals surface area (Å²) in [6, 6.07) is 2.41. The number of halogens is 1. The molecular weight excluding hydrogens is 275 g/mol. The van der Waals surface area contributed by atoms with Gasteiger partial charge in [0.2, 0.25) is 0 Å². The summed E-state index contributed by atoms with van der Waals surface area (Å²) in [5, 5.41) is 4.04. The maximum atomic E-state index is 13.4. The molecule has 0 saturated carbocycles. The molecule has 2 aromatic rings. The molecule has 21 heavy (non-hydrogen) atoms. The van der Waals surface area contributed by atoms with Crippen LogP contribution in [0.4, 0.5) is 10.1 Å². The molecule has 108 valence electrons. The van der Waals surface area contributed by atoms with Gasteiger partial charge in [-0.05, 0) is 31.5 Å². The SMILES string of the molecule is CCn1ncnc1CN1C(=O)C(=O)c2cc(F)cc(C)c21. The minimum absolute atomic E-state index is 0.111. The number of rotatable bonds is 3. The Kier molecular flexibility index (Phi) is 3.04. The van der Waals surface area contributed by atoms with Crippen LogP contribution < -0.4 is 4.90 Å². The molecule has 0 N–H and O–H groups in total. The van der Waals surface area contributed by atoms with E-state index in [9.17, 15) is 14.0 Å². The van der Waals surface area contributed by atoms with Crippen LogP contribution in [0.2, 0.25) is 0 Å². The Labute approximate surface area is 120 Å². The lowest BCUT2D eigenvalue weighted by Gasteiger charge is -2.18. The number of benzene rings is 1. The van der Waals surface area contributed by atoms with Crippen LogP contribution in [-0.2, 0) is 17.9 Å². The fourth-order valence-electron chi connectivity index (χ4n) is 2.57. The normalized spacial score (nSPS) is 14.0. The summed E-state index contributed by atoms with van der Waals surface area (Å²) < 4.78 is 15.1. The highest BCUT2D eigenvalue weighted by molar-refractivity contribution is 6.52. The van der Waals surface area contributed by atoms with Gasteiger partial charge in [0, 0.05) is 6.54 Å². The number of aromatic nitrogens is 3. The first-order valence-electron chi connectivity index (χ1n) is 6.56. The third-order valence-corrected chi connectivity index (χ3v) is 3.51. The van der Waals surface area contributed by atoms with Crippen molar-refractivity contribution in [2.24, 2.45) is 0 Å². The molecule has 0 unspecified atom stereocenters. The second kappa shape index (κ2) is 4.76. The maximum Gasteiger partial charge on any atom is 0.299 e. The molecule has 1 aromatic heterocycles. The van der Waals surface area contributed by atoms with E-state index in [1.54, 1.807) is 11.6 Å². The minimum Gasteiger partial charge on any atom is -0.297 e. The Balaban J connectivity index is 2.06. The van der Waals surface area contributed by atoms with E-state index in [2.05, 4.69) is 10.1 Å². The molecule has 0 spiro atoms. The Bertz CT molecular complexity index is 753. The van der Waals surface area contributed by atoms with E-state index in [1.165, 1.54) is 17.3 Å². The van der Waals surface area contributed by atoms with Crippen molar-refractivity contribution < 1.29 is 14.0 Å². The number of amides is 1. The predicted octanol–water partition coefficient (Wildman–Crippen LogP) is 1.48. The fourth-order valence-corrected chi connectivity index (χ4v) is 2.57. The van der Waals surface area contributed by atoms with Gasteiger partial charge in [0.05, 0.1) is 17.8 Å². The monoisotopic (exact) mass is 288 g/mol. The molecule has 1 aliphatic rings. The van der Waals surface area contributed by atoms with Crippen LogP contribution in [0.5, 0.6) is 0 Å². The number of aryl methyl sites for hydroxylation is 2. The number of fused-ring (bicyclic) bond motifs is 1. The number of nitrogens with zero attached hydrogens (tertiary/aromatic N) is 4. The zero-order chi connectivity index (χ0) is 15.1. The van der Waals surface area contributed by atoms with Crippen LogP contribution in [0.3, 0.4) is 0 Å². The molecule has 2 heterocycles. The third-order valence-electron chi connectivity index (χ3n) is 3.51. The van der Waals surface area contributed by atoms with E-state index >= 15 is 0 Å². The zero-order valence-corrected chi connectivity index (χ0v) is 11.6. The summed E-state index contributed by atoms with van der Waals surface area (Å²) in [5.41, 5.74) is 1.11. The van der Waals surface area contributed by atoms with Gasteiger partial charge in [-0.2, -0.15) is 5.10 Å². The van der Waals surface area contributed by atoms with Gasteiger partial charge in [-0.15, -0.1) is 0 Å². The lowest BCUT2D eigenvalue weighted by Crippen LogP contribution is -2.31. The largest absolute Gasteiger partial charge is 0.299 e. The Morgan fingerprint density at radius 2 is 2.05 bits per heavy atom. The van der Waals surface area contributed by atoms with Gasteiger partial charge < -0.3 is 0 Å². The molecular formula is C14H13FN4O2. The molecule has 6 nitrogen and oxygen atoms in total. The van der Waals surface area contributed by atoms with Crippen molar-refractivity contribution in [2.45, 2.75) is 26.9 Å². The van der Waals surface area contributed by atoms with Crippen molar-refractivity contribution in [3.05, 3.63) is 41.2 Å². The van der Waals surface area contributed by atoms with Gasteiger partial charge in [-0.25, -0.2) is 14.1 Å². The lowest BCUT2D eigenvalue weighted by molar-refractivity contribution is -0.114. The standard InChI is InChI=1S/C14H13FN4O2/c1-3-19-11(16-7-17-19)6-18-12-8(2)4-9(15)5-10(12)13(20)14(18)21/h4-5,7H,3,6H2,1-2H3. The molecule has 1 amide bonds. The second-order valence-electron chi connectivity index (χ2n) is 4.83. The average molecular weight is 288 g/mol. The van der Waals surface area contributed by atoms with Crippen LogP contribution in [0.1, 0.15) is 28.7 Å². The molecule has 0 bridgehead atoms. The molecule has 0 atom stereocenters. The summed E-state index contributed by atoms with van der Waals surface area (Å²) >= 11 is 0. The number of carbonyl (C=O) groups excluding carboxylic acids is 2. The molecule has 1 aliphatic heterocycles. The molecule has 0 saturated heterocycles. The van der Waals surface area contributed by atoms with Crippen LogP contribution >= 0.6 is 0 Å². The quantitative estimate of drug-likeness (QED) is 0.802. The smallest absolute Gasteiger partial charge is 0.297 e. The molecule has 1 aromatic carbocycles. The van der Waals surface area contributed by atoms with Gasteiger partial charge >= 0.3 is 0 Å². The maximum absolute atomic E-state index is 13.4. The highest BCUT2D eigenvalue weighted by Gasteiger charge is 2.38. The van der Waals surface area contributed by atoms with Gasteiger partial charge in [0.25, 0.3) is 11.7 Å². The van der Waals surface area contributed by atoms with Crippen molar-refractivity contribution in [1.82, 2.24) is 14.8 Å². The second-order valence-corrected chi connectivity index (χ2v) is 4.83. The van der Waals surface area contributed by atoms with E-state index in [1.807, 2.05) is 6.92 Å². The van der Waals surface area contributed by atoms with Crippen LogP contribution in [0.25, 0.3) is 0 Å². The number of hydrogen-bond donors (Lipinski definition) is 0. The summed E-state index contributed by atoms with van der Waals surface area (Å²) in [5.74, 6) is -1.29. The molecule has 3 rings (SSSR count). The summed E-state index contributed by atoms with van der Waals surface area (Å²) in [6.45, 7) is 4.33. The number of Topliss-reactive ketones (excluding diaryl/α,β-unsaturated/α-hetero) is 1. The van der Waals surface area contributed by atoms with Crippen molar-refractivity contribution in [3.63, 3.8) is 0 Å². The molecule has 0 fully saturated rings. The Morgan fingerprint density at radius 3 is 2.76 bits per heavy atom. The predicted molar refractivity (Wildman–Crippen MR) is 72.4 cm³/mol. The van der Waals surface area contributed by atoms with E-state index in [-0.39, 0.29) is 12.1 Å². The van der Waals surface area contributed by atoms with Gasteiger partial charge in [-0.3, -0.25) is 14.5 Å². The summed E-state index contributed by atoms with van der Waals surface area (Å²) in [7, 11) is 0. The number of anilines is 1.